The van der Waals surface area contributed by atoms with Gasteiger partial charge in [-0.15, -0.1) is 11.3 Å². The first kappa shape index (κ1) is 24.0. The Hall–Kier alpha value is -4.11. The van der Waals surface area contributed by atoms with Crippen LogP contribution in [0, 0.1) is 0 Å². The highest BCUT2D eigenvalue weighted by Gasteiger charge is 2.39. The van der Waals surface area contributed by atoms with Crippen LogP contribution < -0.4 is 10.6 Å². The Bertz CT molecular complexity index is 1290. The topological polar surface area (TPSA) is 102 Å². The van der Waals surface area contributed by atoms with Gasteiger partial charge >= 0.3 is 0 Å². The van der Waals surface area contributed by atoms with Gasteiger partial charge in [-0.1, -0.05) is 42.5 Å². The number of imide groups is 1. The SMILES string of the molecule is C[C@@H](NC1=C(Nc2cccc(C(=O)N(C)C)c2O)C(=O)N(Cc2ccccc2)C1=O)c1cccs1. The van der Waals surface area contributed by atoms with Gasteiger partial charge in [0, 0.05) is 19.0 Å². The zero-order valence-corrected chi connectivity index (χ0v) is 20.4. The summed E-state index contributed by atoms with van der Waals surface area (Å²) >= 11 is 1.54. The number of hydrogen-bond acceptors (Lipinski definition) is 7. The van der Waals surface area contributed by atoms with E-state index < -0.39 is 11.8 Å². The summed E-state index contributed by atoms with van der Waals surface area (Å²) in [5.41, 5.74) is 1.16. The fourth-order valence-corrected chi connectivity index (χ4v) is 4.49. The lowest BCUT2D eigenvalue weighted by Gasteiger charge is -2.17. The Morgan fingerprint density at radius 3 is 2.37 bits per heavy atom. The van der Waals surface area contributed by atoms with Crippen LogP contribution in [-0.4, -0.2) is 46.7 Å². The summed E-state index contributed by atoms with van der Waals surface area (Å²) in [6, 6.07) is 17.5. The number of carbonyl (C=O) groups is 3. The van der Waals surface area contributed by atoms with Crippen LogP contribution in [0.25, 0.3) is 0 Å². The van der Waals surface area contributed by atoms with Gasteiger partial charge in [-0.25, -0.2) is 0 Å². The van der Waals surface area contributed by atoms with Crippen LogP contribution in [0.3, 0.4) is 0 Å². The number of thiophene rings is 1. The first-order valence-corrected chi connectivity index (χ1v) is 11.9. The van der Waals surface area contributed by atoms with Crippen LogP contribution in [0.2, 0.25) is 0 Å². The van der Waals surface area contributed by atoms with Crippen LogP contribution in [0.4, 0.5) is 5.69 Å². The molecule has 0 radical (unpaired) electrons. The van der Waals surface area contributed by atoms with Crippen molar-refractivity contribution in [1.82, 2.24) is 15.1 Å². The number of carbonyl (C=O) groups excluding carboxylic acids is 3. The lowest BCUT2D eigenvalue weighted by Crippen LogP contribution is -2.33. The normalized spacial score (nSPS) is 14.3. The van der Waals surface area contributed by atoms with Crippen molar-refractivity contribution in [2.45, 2.75) is 19.5 Å². The summed E-state index contributed by atoms with van der Waals surface area (Å²) in [5.74, 6) is -1.68. The van der Waals surface area contributed by atoms with Crippen molar-refractivity contribution in [1.29, 1.82) is 0 Å². The predicted octanol–water partition coefficient (Wildman–Crippen LogP) is 3.70. The molecule has 0 saturated heterocycles. The molecular weight excluding hydrogens is 464 g/mol. The molecule has 0 bridgehead atoms. The highest BCUT2D eigenvalue weighted by atomic mass is 32.1. The molecule has 8 nitrogen and oxygen atoms in total. The van der Waals surface area contributed by atoms with Gasteiger partial charge in [0.05, 0.1) is 23.8 Å². The molecule has 3 N–H and O–H groups in total. The summed E-state index contributed by atoms with van der Waals surface area (Å²) in [4.78, 5) is 42.8. The number of phenols is 1. The highest BCUT2D eigenvalue weighted by Crippen LogP contribution is 2.32. The third-order valence-corrected chi connectivity index (χ3v) is 6.67. The van der Waals surface area contributed by atoms with Crippen molar-refractivity contribution in [3.05, 3.63) is 93.4 Å². The molecule has 0 fully saturated rings. The first-order valence-electron chi connectivity index (χ1n) is 11.0. The van der Waals surface area contributed by atoms with Gasteiger partial charge in [0.2, 0.25) is 0 Å². The first-order chi connectivity index (χ1) is 16.8. The van der Waals surface area contributed by atoms with E-state index in [1.165, 1.54) is 22.3 Å². The zero-order chi connectivity index (χ0) is 25.1. The Morgan fingerprint density at radius 1 is 1.00 bits per heavy atom. The van der Waals surface area contributed by atoms with E-state index in [1.54, 1.807) is 26.2 Å². The zero-order valence-electron chi connectivity index (χ0n) is 19.6. The lowest BCUT2D eigenvalue weighted by molar-refractivity contribution is -0.138. The van der Waals surface area contributed by atoms with Crippen molar-refractivity contribution < 1.29 is 19.5 Å². The molecule has 3 aromatic rings. The van der Waals surface area contributed by atoms with Crippen LogP contribution >= 0.6 is 11.3 Å². The predicted molar refractivity (Wildman–Crippen MR) is 135 cm³/mol. The molecule has 0 aliphatic carbocycles. The molecule has 0 spiro atoms. The Labute approximate surface area is 207 Å². The minimum Gasteiger partial charge on any atom is -0.505 e. The maximum absolute atomic E-state index is 13.4. The molecule has 35 heavy (non-hydrogen) atoms. The van der Waals surface area contributed by atoms with E-state index in [0.717, 1.165) is 15.3 Å². The molecule has 0 unspecified atom stereocenters. The number of benzene rings is 2. The second kappa shape index (κ2) is 10.0. The molecule has 1 aliphatic rings. The third-order valence-electron chi connectivity index (χ3n) is 5.61. The van der Waals surface area contributed by atoms with Gasteiger partial charge in [0.25, 0.3) is 17.7 Å². The van der Waals surface area contributed by atoms with Crippen molar-refractivity contribution in [3.63, 3.8) is 0 Å². The van der Waals surface area contributed by atoms with Crippen molar-refractivity contribution in [2.75, 3.05) is 19.4 Å². The number of para-hydroxylation sites is 1. The molecule has 4 rings (SSSR count). The molecular formula is C26H26N4O4S. The number of anilines is 1. The quantitative estimate of drug-likeness (QED) is 0.329. The average molecular weight is 491 g/mol. The number of amides is 3. The summed E-state index contributed by atoms with van der Waals surface area (Å²) in [6.07, 6.45) is 0. The van der Waals surface area contributed by atoms with Gasteiger partial charge in [0.15, 0.2) is 5.75 Å². The number of rotatable bonds is 8. The number of aromatic hydroxyl groups is 1. The van der Waals surface area contributed by atoms with Gasteiger partial charge in [-0.3, -0.25) is 19.3 Å². The smallest absolute Gasteiger partial charge is 0.279 e. The monoisotopic (exact) mass is 490 g/mol. The van der Waals surface area contributed by atoms with E-state index in [-0.39, 0.29) is 46.9 Å². The fraction of sp³-hybridized carbons (Fsp3) is 0.192. The maximum atomic E-state index is 13.4. The standard InChI is InChI=1S/C26H26N4O4S/c1-16(20-13-8-14-35-20)27-21-22(26(34)30(25(21)33)15-17-9-5-4-6-10-17)28-19-12-7-11-18(23(19)31)24(32)29(2)3/h4-14,16,27-28,31H,15H2,1-3H3/t16-/m1/s1. The molecule has 1 atom stereocenters. The Morgan fingerprint density at radius 2 is 1.71 bits per heavy atom. The summed E-state index contributed by atoms with van der Waals surface area (Å²) in [6.45, 7) is 2.01. The molecule has 0 saturated carbocycles. The minimum absolute atomic E-state index is 0.0130. The van der Waals surface area contributed by atoms with Crippen LogP contribution in [0.1, 0.15) is 33.8 Å². The van der Waals surface area contributed by atoms with Gasteiger partial charge in [0.1, 0.15) is 11.4 Å². The summed E-state index contributed by atoms with van der Waals surface area (Å²) < 4.78 is 0. The molecule has 2 heterocycles. The van der Waals surface area contributed by atoms with Crippen LogP contribution in [0.15, 0.2) is 77.4 Å². The highest BCUT2D eigenvalue weighted by molar-refractivity contribution is 7.10. The van der Waals surface area contributed by atoms with Crippen LogP contribution in [0.5, 0.6) is 5.75 Å². The number of hydrogen-bond donors (Lipinski definition) is 3. The average Bonchev–Trinajstić information content (AvgIpc) is 3.46. The molecule has 180 valence electrons. The minimum atomic E-state index is -0.525. The maximum Gasteiger partial charge on any atom is 0.279 e. The van der Waals surface area contributed by atoms with E-state index in [1.807, 2.05) is 54.8 Å². The van der Waals surface area contributed by atoms with Gasteiger partial charge in [-0.2, -0.15) is 0 Å². The fourth-order valence-electron chi connectivity index (χ4n) is 3.75. The van der Waals surface area contributed by atoms with E-state index in [2.05, 4.69) is 10.6 Å². The second-order valence-corrected chi connectivity index (χ2v) is 9.32. The summed E-state index contributed by atoms with van der Waals surface area (Å²) in [5, 5.41) is 18.8. The Kier molecular flexibility index (Phi) is 6.88. The van der Waals surface area contributed by atoms with Gasteiger partial charge in [-0.05, 0) is 36.1 Å². The van der Waals surface area contributed by atoms with E-state index >= 15 is 0 Å². The Balaban J connectivity index is 1.70. The largest absolute Gasteiger partial charge is 0.505 e. The third kappa shape index (κ3) is 4.90. The van der Waals surface area contributed by atoms with E-state index in [4.69, 9.17) is 0 Å². The van der Waals surface area contributed by atoms with E-state index in [9.17, 15) is 19.5 Å². The summed E-state index contributed by atoms with van der Waals surface area (Å²) in [7, 11) is 3.16. The second-order valence-electron chi connectivity index (χ2n) is 8.34. The van der Waals surface area contributed by atoms with Gasteiger partial charge < -0.3 is 20.6 Å². The van der Waals surface area contributed by atoms with Crippen molar-refractivity contribution in [3.8, 4) is 5.75 Å². The van der Waals surface area contributed by atoms with Crippen molar-refractivity contribution >= 4 is 34.7 Å². The number of nitrogens with zero attached hydrogens (tertiary/aromatic N) is 2. The molecule has 1 aliphatic heterocycles. The van der Waals surface area contributed by atoms with E-state index in [0.29, 0.717) is 0 Å². The molecule has 1 aromatic heterocycles. The lowest BCUT2D eigenvalue weighted by atomic mass is 10.1. The number of phenolic OH excluding ortho intramolecular Hbond substituents is 1. The number of nitrogens with one attached hydrogen (secondary N) is 2. The van der Waals surface area contributed by atoms with Crippen molar-refractivity contribution in [2.24, 2.45) is 0 Å². The molecule has 3 amide bonds. The van der Waals surface area contributed by atoms with Crippen LogP contribution in [-0.2, 0) is 16.1 Å². The molecule has 9 heteroatoms. The molecule has 2 aromatic carbocycles.